The van der Waals surface area contributed by atoms with E-state index in [0.29, 0.717) is 0 Å². The van der Waals surface area contributed by atoms with Crippen molar-refractivity contribution < 1.29 is 0 Å². The Morgan fingerprint density at radius 1 is 1.44 bits per heavy atom. The molecule has 0 aromatic heterocycles. The number of hydrogen-bond donors (Lipinski definition) is 0. The molecule has 0 saturated carbocycles. The summed E-state index contributed by atoms with van der Waals surface area (Å²) >= 11 is 2.17. The van der Waals surface area contributed by atoms with Gasteiger partial charge in [-0.2, -0.15) is 0 Å². The average Bonchev–Trinajstić information content (AvgIpc) is 2.37. The van der Waals surface area contributed by atoms with E-state index in [0.717, 1.165) is 16.7 Å². The summed E-state index contributed by atoms with van der Waals surface area (Å²) in [5, 5.41) is 1.82. The predicted octanol–water partition coefficient (Wildman–Crippen LogP) is 1.54. The Morgan fingerprint density at radius 2 is 2.22 bits per heavy atom. The summed E-state index contributed by atoms with van der Waals surface area (Å²) < 4.78 is 0. The fourth-order valence-corrected chi connectivity index (χ4v) is 3.57. The van der Waals surface area contributed by atoms with Gasteiger partial charge in [-0.3, -0.25) is 4.90 Å². The molecule has 0 aromatic rings. The van der Waals surface area contributed by atoms with Crippen LogP contribution in [0.5, 0.6) is 0 Å². The van der Waals surface area contributed by atoms with Crippen LogP contribution in [-0.4, -0.2) is 28.6 Å². The van der Waals surface area contributed by atoms with E-state index in [9.17, 15) is 0 Å². The molecule has 0 N–H and O–H groups in total. The maximum atomic E-state index is 2.51. The van der Waals surface area contributed by atoms with Crippen LogP contribution in [0.25, 0.3) is 0 Å². The molecule has 2 heterocycles. The fourth-order valence-electron chi connectivity index (χ4n) is 1.82. The van der Waals surface area contributed by atoms with Gasteiger partial charge >= 0.3 is 0 Å². The molecule has 1 nitrogen and oxygen atoms in total. The smallest absolute Gasteiger partial charge is 0.0561 e. The highest BCUT2D eigenvalue weighted by atomic mass is 32.2. The van der Waals surface area contributed by atoms with Crippen LogP contribution in [0, 0.1) is 0 Å². The van der Waals surface area contributed by atoms with E-state index in [1.807, 2.05) is 0 Å². The molecule has 9 heavy (non-hydrogen) atoms. The number of nitrogens with zero attached hydrogens (tertiary/aromatic N) is 1. The Bertz CT molecular complexity index is 108. The number of thioether (sulfide) groups is 1. The Labute approximate surface area is 60.8 Å². The van der Waals surface area contributed by atoms with Crippen LogP contribution in [-0.2, 0) is 0 Å². The van der Waals surface area contributed by atoms with E-state index in [4.69, 9.17) is 0 Å². The van der Waals surface area contributed by atoms with Crippen LogP contribution >= 0.6 is 11.8 Å². The Kier molecular flexibility index (Phi) is 1.27. The summed E-state index contributed by atoms with van der Waals surface area (Å²) in [6, 6.07) is 0.841. The molecule has 3 atom stereocenters. The first-order valence-corrected chi connectivity index (χ1v) is 4.61. The van der Waals surface area contributed by atoms with Gasteiger partial charge in [0.2, 0.25) is 0 Å². The van der Waals surface area contributed by atoms with E-state index < -0.39 is 0 Å². The summed E-state index contributed by atoms with van der Waals surface area (Å²) in [4.78, 5) is 2.51. The summed E-state index contributed by atoms with van der Waals surface area (Å²) in [7, 11) is 2.25. The van der Waals surface area contributed by atoms with Gasteiger partial charge in [-0.25, -0.2) is 0 Å². The monoisotopic (exact) mass is 143 g/mol. The number of likely N-dealkylation sites (tertiary alicyclic amines) is 1. The van der Waals surface area contributed by atoms with Gasteiger partial charge in [0, 0.05) is 11.3 Å². The zero-order valence-electron chi connectivity index (χ0n) is 6.00. The molecule has 0 aromatic carbocycles. The van der Waals surface area contributed by atoms with Crippen molar-refractivity contribution in [3.05, 3.63) is 0 Å². The number of fused-ring (bicyclic) bond motifs is 2. The van der Waals surface area contributed by atoms with Crippen molar-refractivity contribution in [3.8, 4) is 0 Å². The second-order valence-electron chi connectivity index (χ2n) is 3.11. The molecule has 2 aliphatic rings. The molecule has 0 aliphatic carbocycles. The molecule has 2 fully saturated rings. The molecular formula is C7H13NS. The average molecular weight is 143 g/mol. The SMILES string of the molecule is C[C@@H]1[C@H]2CC[C@H](S2)N1C. The van der Waals surface area contributed by atoms with Crippen LogP contribution in [0.1, 0.15) is 19.8 Å². The van der Waals surface area contributed by atoms with Crippen molar-refractivity contribution in [2.24, 2.45) is 0 Å². The quantitative estimate of drug-likeness (QED) is 0.506. The van der Waals surface area contributed by atoms with Crippen LogP contribution in [0.3, 0.4) is 0 Å². The van der Waals surface area contributed by atoms with Gasteiger partial charge in [0.15, 0.2) is 0 Å². The first-order valence-electron chi connectivity index (χ1n) is 3.66. The number of hydrogen-bond acceptors (Lipinski definition) is 2. The normalized spacial score (nSPS) is 50.7. The van der Waals surface area contributed by atoms with Crippen molar-refractivity contribution in [2.75, 3.05) is 7.05 Å². The fraction of sp³-hybridized carbons (Fsp3) is 1.00. The summed E-state index contributed by atoms with van der Waals surface area (Å²) in [5.74, 6) is 0. The zero-order valence-corrected chi connectivity index (χ0v) is 6.82. The minimum Gasteiger partial charge on any atom is -0.291 e. The van der Waals surface area contributed by atoms with Gasteiger partial charge in [0.05, 0.1) is 5.37 Å². The lowest BCUT2D eigenvalue weighted by Gasteiger charge is -2.26. The van der Waals surface area contributed by atoms with Crippen molar-refractivity contribution in [3.63, 3.8) is 0 Å². The molecule has 2 heteroatoms. The van der Waals surface area contributed by atoms with Crippen molar-refractivity contribution in [1.82, 2.24) is 4.90 Å². The predicted molar refractivity (Wildman–Crippen MR) is 41.6 cm³/mol. The topological polar surface area (TPSA) is 3.24 Å². The van der Waals surface area contributed by atoms with Crippen molar-refractivity contribution in [1.29, 1.82) is 0 Å². The van der Waals surface area contributed by atoms with E-state index in [2.05, 4.69) is 30.6 Å². The largest absolute Gasteiger partial charge is 0.291 e. The van der Waals surface area contributed by atoms with Gasteiger partial charge in [-0.05, 0) is 26.8 Å². The molecule has 2 rings (SSSR count). The lowest BCUT2D eigenvalue weighted by Crippen LogP contribution is -2.36. The third kappa shape index (κ3) is 0.729. The Hall–Kier alpha value is 0.310. The first kappa shape index (κ1) is 6.05. The van der Waals surface area contributed by atoms with Gasteiger partial charge in [-0.15, -0.1) is 11.8 Å². The zero-order chi connectivity index (χ0) is 6.43. The maximum Gasteiger partial charge on any atom is 0.0561 e. The molecule has 2 aliphatic heterocycles. The highest BCUT2D eigenvalue weighted by molar-refractivity contribution is 8.01. The van der Waals surface area contributed by atoms with E-state index in [1.165, 1.54) is 12.8 Å². The molecular weight excluding hydrogens is 130 g/mol. The van der Waals surface area contributed by atoms with Crippen LogP contribution in [0.4, 0.5) is 0 Å². The molecule has 2 saturated heterocycles. The van der Waals surface area contributed by atoms with Crippen LogP contribution < -0.4 is 0 Å². The molecule has 0 radical (unpaired) electrons. The van der Waals surface area contributed by atoms with Crippen molar-refractivity contribution in [2.45, 2.75) is 36.4 Å². The van der Waals surface area contributed by atoms with E-state index in [1.54, 1.807) is 0 Å². The molecule has 52 valence electrons. The molecule has 0 amide bonds. The van der Waals surface area contributed by atoms with Crippen LogP contribution in [0.15, 0.2) is 0 Å². The highest BCUT2D eigenvalue weighted by Gasteiger charge is 2.41. The van der Waals surface area contributed by atoms with Gasteiger partial charge in [0.25, 0.3) is 0 Å². The first-order chi connectivity index (χ1) is 4.29. The second kappa shape index (κ2) is 1.89. The molecule has 0 spiro atoms. The van der Waals surface area contributed by atoms with E-state index >= 15 is 0 Å². The second-order valence-corrected chi connectivity index (χ2v) is 4.53. The lowest BCUT2D eigenvalue weighted by molar-refractivity contribution is 0.213. The highest BCUT2D eigenvalue weighted by Crippen LogP contribution is 2.45. The van der Waals surface area contributed by atoms with Gasteiger partial charge in [0.1, 0.15) is 0 Å². The Morgan fingerprint density at radius 3 is 2.56 bits per heavy atom. The van der Waals surface area contributed by atoms with Crippen LogP contribution in [0.2, 0.25) is 0 Å². The van der Waals surface area contributed by atoms with Crippen molar-refractivity contribution >= 4 is 11.8 Å². The number of piperidine rings is 1. The minimum absolute atomic E-state index is 0.841. The third-order valence-electron chi connectivity index (χ3n) is 2.66. The van der Waals surface area contributed by atoms with E-state index in [-0.39, 0.29) is 0 Å². The standard InChI is InChI=1S/C7H13NS/c1-5-6-3-4-7(9-6)8(5)2/h5-7H,3-4H2,1-2H3/t5-,6-,7+/m1/s1. The third-order valence-corrected chi connectivity index (χ3v) is 4.53. The maximum absolute atomic E-state index is 2.51. The lowest BCUT2D eigenvalue weighted by atomic mass is 10.1. The summed E-state index contributed by atoms with van der Waals surface area (Å²) in [6.45, 7) is 2.34. The minimum atomic E-state index is 0.841. The Balaban J connectivity index is 2.15. The molecule has 0 unspecified atom stereocenters. The summed E-state index contributed by atoms with van der Waals surface area (Å²) in [5.41, 5.74) is 0. The summed E-state index contributed by atoms with van der Waals surface area (Å²) in [6.07, 6.45) is 2.89. The molecule has 2 bridgehead atoms. The van der Waals surface area contributed by atoms with Gasteiger partial charge < -0.3 is 0 Å². The van der Waals surface area contributed by atoms with Gasteiger partial charge in [-0.1, -0.05) is 0 Å². The number of rotatable bonds is 0.